The van der Waals surface area contributed by atoms with Crippen LogP contribution in [0, 0.1) is 30.1 Å². The Morgan fingerprint density at radius 3 is 2.18 bits per heavy atom. The minimum Gasteiger partial charge on any atom is -0.198 e. The molecule has 1 atom stereocenters. The SMILES string of the molecule is [CH2]C(C#N)C1CCCCCC1. The maximum Gasteiger partial charge on any atom is 0.0658 e. The molecule has 0 saturated heterocycles. The van der Waals surface area contributed by atoms with Gasteiger partial charge >= 0.3 is 0 Å². The molecular weight excluding hydrogens is 134 g/mol. The third-order valence-electron chi connectivity index (χ3n) is 2.63. The average Bonchev–Trinajstić information content (AvgIpc) is 2.30. The van der Waals surface area contributed by atoms with Gasteiger partial charge in [0.2, 0.25) is 0 Å². The fraction of sp³-hybridized carbons (Fsp3) is 0.800. The highest BCUT2D eigenvalue weighted by Crippen LogP contribution is 2.27. The topological polar surface area (TPSA) is 23.8 Å². The van der Waals surface area contributed by atoms with E-state index < -0.39 is 0 Å². The molecule has 1 fully saturated rings. The van der Waals surface area contributed by atoms with Gasteiger partial charge in [-0.2, -0.15) is 5.26 Å². The molecule has 11 heavy (non-hydrogen) atoms. The van der Waals surface area contributed by atoms with Crippen molar-refractivity contribution in [3.8, 4) is 6.07 Å². The van der Waals surface area contributed by atoms with Crippen LogP contribution in [0.25, 0.3) is 0 Å². The Morgan fingerprint density at radius 1 is 1.18 bits per heavy atom. The Hall–Kier alpha value is -0.510. The fourth-order valence-electron chi connectivity index (χ4n) is 1.82. The molecule has 0 aromatic rings. The Kier molecular flexibility index (Phi) is 3.42. The Bertz CT molecular complexity index is 137. The molecule has 0 bridgehead atoms. The molecule has 0 aromatic heterocycles. The Balaban J connectivity index is 2.37. The maximum atomic E-state index is 8.67. The quantitative estimate of drug-likeness (QED) is 0.527. The highest BCUT2D eigenvalue weighted by Gasteiger charge is 2.17. The van der Waals surface area contributed by atoms with Crippen LogP contribution in [0.3, 0.4) is 0 Å². The van der Waals surface area contributed by atoms with Crippen LogP contribution in [0.2, 0.25) is 0 Å². The molecule has 1 saturated carbocycles. The number of rotatable bonds is 1. The second kappa shape index (κ2) is 4.38. The molecule has 1 aliphatic rings. The molecule has 0 amide bonds. The molecule has 1 radical (unpaired) electrons. The molecule has 0 N–H and O–H groups in total. The van der Waals surface area contributed by atoms with Crippen molar-refractivity contribution >= 4 is 0 Å². The van der Waals surface area contributed by atoms with Crippen molar-refractivity contribution < 1.29 is 0 Å². The van der Waals surface area contributed by atoms with Crippen LogP contribution in [0.1, 0.15) is 38.5 Å². The molecule has 1 nitrogen and oxygen atoms in total. The molecule has 1 rings (SSSR count). The van der Waals surface area contributed by atoms with E-state index >= 15 is 0 Å². The van der Waals surface area contributed by atoms with Gasteiger partial charge in [-0.25, -0.2) is 0 Å². The molecule has 0 heterocycles. The van der Waals surface area contributed by atoms with Gasteiger partial charge in [-0.3, -0.25) is 0 Å². The van der Waals surface area contributed by atoms with Gasteiger partial charge in [0.05, 0.1) is 6.07 Å². The van der Waals surface area contributed by atoms with Crippen LogP contribution in [0.4, 0.5) is 0 Å². The zero-order valence-electron chi connectivity index (χ0n) is 7.05. The van der Waals surface area contributed by atoms with E-state index in [1.54, 1.807) is 0 Å². The van der Waals surface area contributed by atoms with E-state index in [0.29, 0.717) is 5.92 Å². The first-order chi connectivity index (χ1) is 5.34. The highest BCUT2D eigenvalue weighted by molar-refractivity contribution is 4.90. The molecule has 0 aromatic carbocycles. The summed E-state index contributed by atoms with van der Waals surface area (Å²) in [5.41, 5.74) is 0. The van der Waals surface area contributed by atoms with E-state index in [0.717, 1.165) is 0 Å². The lowest BCUT2D eigenvalue weighted by molar-refractivity contribution is 0.404. The minimum atomic E-state index is 0.0353. The molecule has 1 aliphatic carbocycles. The third-order valence-corrected chi connectivity index (χ3v) is 2.63. The van der Waals surface area contributed by atoms with Crippen molar-refractivity contribution in [2.45, 2.75) is 38.5 Å². The molecule has 1 heteroatoms. The van der Waals surface area contributed by atoms with Crippen LogP contribution in [0.15, 0.2) is 0 Å². The first kappa shape index (κ1) is 8.59. The highest BCUT2D eigenvalue weighted by atomic mass is 14.3. The van der Waals surface area contributed by atoms with Crippen molar-refractivity contribution in [3.63, 3.8) is 0 Å². The van der Waals surface area contributed by atoms with Gasteiger partial charge in [0.15, 0.2) is 0 Å². The summed E-state index contributed by atoms with van der Waals surface area (Å²) in [4.78, 5) is 0. The zero-order chi connectivity index (χ0) is 8.10. The largest absolute Gasteiger partial charge is 0.198 e. The van der Waals surface area contributed by atoms with Crippen molar-refractivity contribution in [1.82, 2.24) is 0 Å². The smallest absolute Gasteiger partial charge is 0.0658 e. The molecule has 0 spiro atoms. The van der Waals surface area contributed by atoms with Crippen LogP contribution in [0.5, 0.6) is 0 Å². The van der Waals surface area contributed by atoms with E-state index in [2.05, 4.69) is 13.0 Å². The molecule has 1 unspecified atom stereocenters. The van der Waals surface area contributed by atoms with E-state index in [1.165, 1.54) is 38.5 Å². The number of nitriles is 1. The van der Waals surface area contributed by atoms with E-state index in [-0.39, 0.29) is 5.92 Å². The standard InChI is InChI=1S/C10H16N/c1-9(8-11)10-6-4-2-3-5-7-10/h9-10H,1-7H2. The molecular formula is C10H16N. The zero-order valence-corrected chi connectivity index (χ0v) is 7.05. The average molecular weight is 150 g/mol. The summed E-state index contributed by atoms with van der Waals surface area (Å²) < 4.78 is 0. The lowest BCUT2D eigenvalue weighted by Gasteiger charge is -2.14. The first-order valence-electron chi connectivity index (χ1n) is 4.57. The minimum absolute atomic E-state index is 0.0353. The molecule has 0 aliphatic heterocycles. The van der Waals surface area contributed by atoms with Gasteiger partial charge in [-0.15, -0.1) is 0 Å². The second-order valence-corrected chi connectivity index (χ2v) is 3.49. The summed E-state index contributed by atoms with van der Waals surface area (Å²) in [5.74, 6) is 0.621. The maximum absolute atomic E-state index is 8.67. The number of hydrogen-bond donors (Lipinski definition) is 0. The van der Waals surface area contributed by atoms with Gasteiger partial charge in [-0.1, -0.05) is 25.7 Å². The number of nitrogens with zero attached hydrogens (tertiary/aromatic N) is 1. The van der Waals surface area contributed by atoms with Crippen molar-refractivity contribution in [1.29, 1.82) is 5.26 Å². The predicted octanol–water partition coefficient (Wildman–Crippen LogP) is 2.93. The summed E-state index contributed by atoms with van der Waals surface area (Å²) in [5, 5.41) is 8.67. The molecule has 61 valence electrons. The van der Waals surface area contributed by atoms with Crippen LogP contribution in [-0.2, 0) is 0 Å². The summed E-state index contributed by atoms with van der Waals surface area (Å²) in [6, 6.07) is 2.25. The van der Waals surface area contributed by atoms with Crippen molar-refractivity contribution in [3.05, 3.63) is 6.92 Å². The fourth-order valence-corrected chi connectivity index (χ4v) is 1.82. The monoisotopic (exact) mass is 150 g/mol. The van der Waals surface area contributed by atoms with Gasteiger partial charge in [0, 0.05) is 5.92 Å². The first-order valence-corrected chi connectivity index (χ1v) is 4.57. The summed E-state index contributed by atoms with van der Waals surface area (Å²) in [6.07, 6.45) is 7.77. The van der Waals surface area contributed by atoms with Gasteiger partial charge in [-0.05, 0) is 25.7 Å². The van der Waals surface area contributed by atoms with Gasteiger partial charge < -0.3 is 0 Å². The summed E-state index contributed by atoms with van der Waals surface area (Å²) >= 11 is 0. The van der Waals surface area contributed by atoms with E-state index in [1.807, 2.05) is 0 Å². The summed E-state index contributed by atoms with van der Waals surface area (Å²) in [6.45, 7) is 3.86. The Labute approximate surface area is 69.4 Å². The van der Waals surface area contributed by atoms with Crippen molar-refractivity contribution in [2.75, 3.05) is 0 Å². The van der Waals surface area contributed by atoms with Gasteiger partial charge in [0.25, 0.3) is 0 Å². The lowest BCUT2D eigenvalue weighted by Crippen LogP contribution is -2.08. The normalized spacial score (nSPS) is 23.6. The van der Waals surface area contributed by atoms with Crippen LogP contribution in [-0.4, -0.2) is 0 Å². The number of hydrogen-bond acceptors (Lipinski definition) is 1. The third kappa shape index (κ3) is 2.54. The van der Waals surface area contributed by atoms with E-state index in [9.17, 15) is 0 Å². The second-order valence-electron chi connectivity index (χ2n) is 3.49. The predicted molar refractivity (Wildman–Crippen MR) is 45.7 cm³/mol. The van der Waals surface area contributed by atoms with Crippen molar-refractivity contribution in [2.24, 2.45) is 11.8 Å². The lowest BCUT2D eigenvalue weighted by atomic mass is 9.89. The van der Waals surface area contributed by atoms with Crippen LogP contribution < -0.4 is 0 Å². The van der Waals surface area contributed by atoms with E-state index in [4.69, 9.17) is 5.26 Å². The summed E-state index contributed by atoms with van der Waals surface area (Å²) in [7, 11) is 0. The van der Waals surface area contributed by atoms with Gasteiger partial charge in [0.1, 0.15) is 0 Å². The van der Waals surface area contributed by atoms with Crippen LogP contribution >= 0.6 is 0 Å². The Morgan fingerprint density at radius 2 is 1.73 bits per heavy atom.